The van der Waals surface area contributed by atoms with Gasteiger partial charge in [-0.05, 0) is 0 Å². The molecule has 1 amide bonds. The van der Waals surface area contributed by atoms with E-state index in [9.17, 15) is 13.2 Å². The maximum atomic E-state index is 10.4. The Morgan fingerprint density at radius 3 is 2.30 bits per heavy atom. The Hall–Kier alpha value is -0.840. The van der Waals surface area contributed by atoms with Crippen molar-refractivity contribution >= 4 is 15.7 Å². The quantitative estimate of drug-likeness (QED) is 0.604. The van der Waals surface area contributed by atoms with Gasteiger partial charge >= 0.3 is 0 Å². The highest BCUT2D eigenvalue weighted by Gasteiger charge is 1.91. The molecule has 0 aliphatic carbocycles. The van der Waals surface area contributed by atoms with Gasteiger partial charge in [-0.15, -0.1) is 0 Å². The van der Waals surface area contributed by atoms with Crippen LogP contribution in [-0.4, -0.2) is 20.6 Å². The molecule has 0 fully saturated rings. The number of carbonyl (C=O) groups excluding carboxylic acids is 1. The lowest BCUT2D eigenvalue weighted by Gasteiger charge is -1.88. The van der Waals surface area contributed by atoms with Crippen LogP contribution in [-0.2, 0) is 14.6 Å². The molecule has 0 saturated heterocycles. The summed E-state index contributed by atoms with van der Waals surface area (Å²) in [5, 5.41) is 3.13. The SMILES string of the molecule is CC(=O)N/C=C/S(C)(=O)=O. The minimum Gasteiger partial charge on any atom is -0.332 e. The van der Waals surface area contributed by atoms with E-state index in [1.54, 1.807) is 0 Å². The summed E-state index contributed by atoms with van der Waals surface area (Å²) >= 11 is 0. The Balaban J connectivity index is 3.92. The first-order valence-corrected chi connectivity index (χ1v) is 4.51. The first-order chi connectivity index (χ1) is 4.42. The number of amides is 1. The van der Waals surface area contributed by atoms with Gasteiger partial charge in [-0.1, -0.05) is 0 Å². The highest BCUT2D eigenvalue weighted by atomic mass is 32.2. The summed E-state index contributed by atoms with van der Waals surface area (Å²) in [6.07, 6.45) is 2.14. The Bertz CT molecular complexity index is 240. The van der Waals surface area contributed by atoms with Gasteiger partial charge in [0.1, 0.15) is 0 Å². The third kappa shape index (κ3) is 7.16. The van der Waals surface area contributed by atoms with Gasteiger partial charge in [0, 0.05) is 24.8 Å². The van der Waals surface area contributed by atoms with Gasteiger partial charge in [0.2, 0.25) is 5.91 Å². The van der Waals surface area contributed by atoms with Gasteiger partial charge in [0.15, 0.2) is 9.84 Å². The highest BCUT2D eigenvalue weighted by molar-refractivity contribution is 7.93. The van der Waals surface area contributed by atoms with Gasteiger partial charge in [0.25, 0.3) is 0 Å². The zero-order valence-corrected chi connectivity index (χ0v) is 6.60. The van der Waals surface area contributed by atoms with Crippen molar-refractivity contribution in [2.24, 2.45) is 0 Å². The van der Waals surface area contributed by atoms with Gasteiger partial charge in [-0.2, -0.15) is 0 Å². The zero-order chi connectivity index (χ0) is 8.20. The average Bonchev–Trinajstić information content (AvgIpc) is 1.59. The summed E-state index contributed by atoms with van der Waals surface area (Å²) in [4.78, 5) is 10.2. The summed E-state index contributed by atoms with van der Waals surface area (Å²) in [7, 11) is -3.12. The lowest BCUT2D eigenvalue weighted by Crippen LogP contribution is -2.12. The summed E-state index contributed by atoms with van der Waals surface area (Å²) in [6, 6.07) is 0. The topological polar surface area (TPSA) is 63.2 Å². The van der Waals surface area contributed by atoms with E-state index in [0.29, 0.717) is 0 Å². The molecule has 0 radical (unpaired) electrons. The molecular formula is C5H9NO3S. The fourth-order valence-corrected chi connectivity index (χ4v) is 0.590. The molecule has 0 aromatic rings. The molecule has 0 atom stereocenters. The average molecular weight is 163 g/mol. The molecule has 0 spiro atoms. The summed E-state index contributed by atoms with van der Waals surface area (Å²) < 4.78 is 20.7. The van der Waals surface area contributed by atoms with Crippen LogP contribution in [0, 0.1) is 0 Å². The molecule has 1 N–H and O–H groups in total. The van der Waals surface area contributed by atoms with Crippen molar-refractivity contribution in [2.75, 3.05) is 6.26 Å². The largest absolute Gasteiger partial charge is 0.332 e. The van der Waals surface area contributed by atoms with Crippen molar-refractivity contribution in [1.82, 2.24) is 5.32 Å². The summed E-state index contributed by atoms with van der Waals surface area (Å²) in [5.74, 6) is -0.292. The first kappa shape index (κ1) is 9.16. The number of sulfone groups is 1. The Labute approximate surface area is 59.8 Å². The maximum absolute atomic E-state index is 10.4. The number of nitrogens with one attached hydrogen (secondary N) is 1. The molecule has 5 heteroatoms. The van der Waals surface area contributed by atoms with Crippen LogP contribution in [0.5, 0.6) is 0 Å². The van der Waals surface area contributed by atoms with Gasteiger partial charge in [-0.25, -0.2) is 8.42 Å². The van der Waals surface area contributed by atoms with E-state index < -0.39 is 9.84 Å². The predicted octanol–water partition coefficient (Wildman–Crippen LogP) is -0.362. The predicted molar refractivity (Wildman–Crippen MR) is 37.8 cm³/mol. The maximum Gasteiger partial charge on any atom is 0.220 e. The molecule has 10 heavy (non-hydrogen) atoms. The molecule has 0 saturated carbocycles. The number of carbonyl (C=O) groups is 1. The molecule has 58 valence electrons. The highest BCUT2D eigenvalue weighted by Crippen LogP contribution is 1.81. The van der Waals surface area contributed by atoms with Crippen LogP contribution in [0.4, 0.5) is 0 Å². The normalized spacial score (nSPS) is 11.8. The third-order valence-electron chi connectivity index (χ3n) is 0.602. The fourth-order valence-electron chi connectivity index (χ4n) is 0.275. The monoisotopic (exact) mass is 163 g/mol. The van der Waals surface area contributed by atoms with Gasteiger partial charge < -0.3 is 5.32 Å². The molecular weight excluding hydrogens is 154 g/mol. The van der Waals surface area contributed by atoms with E-state index in [4.69, 9.17) is 0 Å². The molecule has 0 heterocycles. The Morgan fingerprint density at radius 1 is 1.50 bits per heavy atom. The van der Waals surface area contributed by atoms with Crippen molar-refractivity contribution in [3.63, 3.8) is 0 Å². The van der Waals surface area contributed by atoms with E-state index in [1.807, 2.05) is 0 Å². The van der Waals surface area contributed by atoms with E-state index in [1.165, 1.54) is 6.92 Å². The Kier molecular flexibility index (Phi) is 3.08. The second-order valence-electron chi connectivity index (χ2n) is 1.83. The summed E-state index contributed by atoms with van der Waals surface area (Å²) in [6.45, 7) is 1.30. The minimum atomic E-state index is -3.12. The second-order valence-corrected chi connectivity index (χ2v) is 3.76. The Morgan fingerprint density at radius 2 is 2.00 bits per heavy atom. The second kappa shape index (κ2) is 3.36. The lowest BCUT2D eigenvalue weighted by atomic mass is 10.7. The number of hydrogen-bond acceptors (Lipinski definition) is 3. The van der Waals surface area contributed by atoms with Crippen molar-refractivity contribution in [3.05, 3.63) is 11.6 Å². The first-order valence-electron chi connectivity index (χ1n) is 2.55. The van der Waals surface area contributed by atoms with Crippen LogP contribution >= 0.6 is 0 Å². The fraction of sp³-hybridized carbons (Fsp3) is 0.400. The smallest absolute Gasteiger partial charge is 0.220 e. The lowest BCUT2D eigenvalue weighted by molar-refractivity contribution is -0.118. The van der Waals surface area contributed by atoms with Crippen molar-refractivity contribution < 1.29 is 13.2 Å². The third-order valence-corrected chi connectivity index (χ3v) is 1.23. The molecule has 4 nitrogen and oxygen atoms in total. The van der Waals surface area contributed by atoms with Crippen LogP contribution in [0.1, 0.15) is 6.92 Å². The van der Waals surface area contributed by atoms with E-state index in [0.717, 1.165) is 17.9 Å². The summed E-state index contributed by atoms with van der Waals surface area (Å²) in [5.41, 5.74) is 0. The molecule has 0 bridgehead atoms. The zero-order valence-electron chi connectivity index (χ0n) is 5.79. The minimum absolute atomic E-state index is 0.292. The van der Waals surface area contributed by atoms with E-state index in [2.05, 4.69) is 5.32 Å². The van der Waals surface area contributed by atoms with Crippen molar-refractivity contribution in [1.29, 1.82) is 0 Å². The van der Waals surface area contributed by atoms with E-state index >= 15 is 0 Å². The van der Waals surface area contributed by atoms with Gasteiger partial charge in [-0.3, -0.25) is 4.79 Å². The van der Waals surface area contributed by atoms with Crippen molar-refractivity contribution in [2.45, 2.75) is 6.92 Å². The molecule has 0 aromatic carbocycles. The molecule has 0 unspecified atom stereocenters. The number of rotatable bonds is 2. The van der Waals surface area contributed by atoms with Crippen LogP contribution in [0.3, 0.4) is 0 Å². The van der Waals surface area contributed by atoms with Crippen LogP contribution in [0.2, 0.25) is 0 Å². The molecule has 0 aromatic heterocycles. The van der Waals surface area contributed by atoms with Crippen LogP contribution in [0.15, 0.2) is 11.6 Å². The van der Waals surface area contributed by atoms with Crippen LogP contribution in [0.25, 0.3) is 0 Å². The molecule has 0 aliphatic heterocycles. The van der Waals surface area contributed by atoms with E-state index in [-0.39, 0.29) is 5.91 Å². The standard InChI is InChI=1S/C5H9NO3S/c1-5(7)6-3-4-10(2,8)9/h3-4H,1-2H3,(H,6,7)/b4-3+. The van der Waals surface area contributed by atoms with Gasteiger partial charge in [0.05, 0.1) is 0 Å². The molecule has 0 aliphatic rings. The molecule has 0 rings (SSSR count). The van der Waals surface area contributed by atoms with Crippen molar-refractivity contribution in [3.8, 4) is 0 Å². The van der Waals surface area contributed by atoms with Crippen LogP contribution < -0.4 is 5.32 Å². The number of hydrogen-bond donors (Lipinski definition) is 1.